The Kier molecular flexibility index (Phi) is 8.73. The molecule has 28 heavy (non-hydrogen) atoms. The summed E-state index contributed by atoms with van der Waals surface area (Å²) in [5, 5.41) is 18.7. The van der Waals surface area contributed by atoms with Gasteiger partial charge in [0.1, 0.15) is 0 Å². The van der Waals surface area contributed by atoms with Crippen LogP contribution in [0.25, 0.3) is 0 Å². The van der Waals surface area contributed by atoms with Gasteiger partial charge in [0, 0.05) is 18.5 Å². The number of rotatable bonds is 11. The average molecular weight is 390 g/mol. The van der Waals surface area contributed by atoms with Crippen LogP contribution in [0.2, 0.25) is 0 Å². The zero-order valence-corrected chi connectivity index (χ0v) is 15.6. The van der Waals surface area contributed by atoms with Gasteiger partial charge in [-0.1, -0.05) is 24.3 Å². The SMILES string of the molecule is NN=Cc1ccc(C(=O)CNCCC(=O)C(OC2CCNCC2)C(=O)O)cc1. The third-order valence-corrected chi connectivity index (χ3v) is 4.42. The Morgan fingerprint density at radius 2 is 1.96 bits per heavy atom. The second kappa shape index (κ2) is 11.3. The van der Waals surface area contributed by atoms with E-state index in [4.69, 9.17) is 10.6 Å². The number of hydrazone groups is 1. The fourth-order valence-corrected chi connectivity index (χ4v) is 2.88. The van der Waals surface area contributed by atoms with Crippen LogP contribution in [0.1, 0.15) is 35.2 Å². The number of Topliss-reactive ketones (excluding diaryl/α,β-unsaturated/α-hetero) is 2. The number of aliphatic carboxylic acids is 1. The lowest BCUT2D eigenvalue weighted by molar-refractivity contribution is -0.161. The number of nitrogens with zero attached hydrogens (tertiary/aromatic N) is 1. The summed E-state index contributed by atoms with van der Waals surface area (Å²) >= 11 is 0. The number of carboxylic acid groups (broad SMARTS) is 1. The standard InChI is InChI=1S/C19H26N4O5/c20-23-11-13-1-3-14(4-2-13)17(25)12-22-10-7-16(24)18(19(26)27)28-15-5-8-21-9-6-15/h1-4,11,15,18,21-22H,5-10,12,20H2,(H,26,27). The molecule has 0 aliphatic carbocycles. The minimum Gasteiger partial charge on any atom is -0.479 e. The van der Waals surface area contributed by atoms with Crippen LogP contribution in [0.15, 0.2) is 29.4 Å². The van der Waals surface area contributed by atoms with Crippen LogP contribution >= 0.6 is 0 Å². The van der Waals surface area contributed by atoms with Crippen molar-refractivity contribution in [3.63, 3.8) is 0 Å². The molecule has 1 heterocycles. The zero-order valence-electron chi connectivity index (χ0n) is 15.6. The van der Waals surface area contributed by atoms with Crippen LogP contribution in [0.3, 0.4) is 0 Å². The number of carbonyl (C=O) groups is 3. The Labute approximate surface area is 163 Å². The number of ketones is 2. The number of carboxylic acids is 1. The van der Waals surface area contributed by atoms with Gasteiger partial charge in [-0.15, -0.1) is 0 Å². The predicted octanol–water partition coefficient (Wildman–Crippen LogP) is -0.0675. The highest BCUT2D eigenvalue weighted by molar-refractivity contribution is 6.01. The molecule has 9 nitrogen and oxygen atoms in total. The van der Waals surface area contributed by atoms with E-state index < -0.39 is 17.9 Å². The van der Waals surface area contributed by atoms with Gasteiger partial charge in [-0.3, -0.25) is 9.59 Å². The number of hydrogen-bond acceptors (Lipinski definition) is 8. The van der Waals surface area contributed by atoms with E-state index in [0.717, 1.165) is 18.7 Å². The maximum Gasteiger partial charge on any atom is 0.340 e. The van der Waals surface area contributed by atoms with Gasteiger partial charge in [-0.25, -0.2) is 4.79 Å². The fraction of sp³-hybridized carbons (Fsp3) is 0.474. The Bertz CT molecular complexity index is 699. The van der Waals surface area contributed by atoms with Crippen molar-refractivity contribution in [1.29, 1.82) is 0 Å². The largest absolute Gasteiger partial charge is 0.479 e. The molecule has 1 fully saturated rings. The maximum atomic E-state index is 12.2. The third kappa shape index (κ3) is 6.84. The molecule has 1 aliphatic heterocycles. The summed E-state index contributed by atoms with van der Waals surface area (Å²) in [6, 6.07) is 6.78. The van der Waals surface area contributed by atoms with E-state index in [0.29, 0.717) is 18.4 Å². The Hall–Kier alpha value is -2.62. The van der Waals surface area contributed by atoms with Crippen molar-refractivity contribution in [1.82, 2.24) is 10.6 Å². The van der Waals surface area contributed by atoms with Crippen molar-refractivity contribution in [2.75, 3.05) is 26.2 Å². The number of ether oxygens (including phenoxy) is 1. The summed E-state index contributed by atoms with van der Waals surface area (Å²) in [5.41, 5.74) is 1.30. The number of nitrogens with two attached hydrogens (primary N) is 1. The Morgan fingerprint density at radius 1 is 1.29 bits per heavy atom. The quantitative estimate of drug-likeness (QED) is 0.103. The molecular formula is C19H26N4O5. The molecule has 1 saturated heterocycles. The van der Waals surface area contributed by atoms with E-state index >= 15 is 0 Å². The van der Waals surface area contributed by atoms with Crippen LogP contribution in [0.4, 0.5) is 0 Å². The first-order valence-electron chi connectivity index (χ1n) is 9.20. The fourth-order valence-electron chi connectivity index (χ4n) is 2.88. The molecule has 2 rings (SSSR count). The van der Waals surface area contributed by atoms with E-state index in [9.17, 15) is 19.5 Å². The van der Waals surface area contributed by atoms with Gasteiger partial charge < -0.3 is 26.3 Å². The summed E-state index contributed by atoms with van der Waals surface area (Å²) < 4.78 is 5.49. The minimum absolute atomic E-state index is 0.0267. The molecule has 1 unspecified atom stereocenters. The van der Waals surface area contributed by atoms with Gasteiger partial charge in [0.05, 0.1) is 18.9 Å². The van der Waals surface area contributed by atoms with Crippen LogP contribution in [0, 0.1) is 0 Å². The lowest BCUT2D eigenvalue weighted by Gasteiger charge is -2.25. The first-order valence-corrected chi connectivity index (χ1v) is 9.20. The van der Waals surface area contributed by atoms with Crippen LogP contribution < -0.4 is 16.5 Å². The molecule has 0 amide bonds. The molecule has 1 aliphatic rings. The van der Waals surface area contributed by atoms with E-state index in [1.165, 1.54) is 6.21 Å². The van der Waals surface area contributed by atoms with Gasteiger partial charge in [-0.05, 0) is 31.5 Å². The Balaban J connectivity index is 1.74. The van der Waals surface area contributed by atoms with Gasteiger partial charge in [0.15, 0.2) is 11.6 Å². The predicted molar refractivity (Wildman–Crippen MR) is 103 cm³/mol. The van der Waals surface area contributed by atoms with Crippen molar-refractivity contribution >= 4 is 23.8 Å². The smallest absolute Gasteiger partial charge is 0.340 e. The highest BCUT2D eigenvalue weighted by atomic mass is 16.5. The van der Waals surface area contributed by atoms with E-state index in [1.54, 1.807) is 24.3 Å². The molecule has 1 atom stereocenters. The summed E-state index contributed by atoms with van der Waals surface area (Å²) in [6.07, 6.45) is 1.12. The highest BCUT2D eigenvalue weighted by Crippen LogP contribution is 2.12. The monoisotopic (exact) mass is 390 g/mol. The normalized spacial score (nSPS) is 16.1. The van der Waals surface area contributed by atoms with E-state index in [2.05, 4.69) is 15.7 Å². The highest BCUT2D eigenvalue weighted by Gasteiger charge is 2.30. The molecule has 0 radical (unpaired) electrons. The summed E-state index contributed by atoms with van der Waals surface area (Å²) in [6.45, 7) is 1.73. The second-order valence-electron chi connectivity index (χ2n) is 6.52. The first kappa shape index (κ1) is 21.7. The number of hydrogen-bond donors (Lipinski definition) is 4. The summed E-state index contributed by atoms with van der Waals surface area (Å²) in [5.74, 6) is 3.16. The number of nitrogens with one attached hydrogen (secondary N) is 2. The van der Waals surface area contributed by atoms with E-state index in [1.807, 2.05) is 0 Å². The number of benzene rings is 1. The molecule has 1 aromatic carbocycles. The molecule has 0 spiro atoms. The minimum atomic E-state index is -1.46. The van der Waals surface area contributed by atoms with Gasteiger partial charge in [-0.2, -0.15) is 5.10 Å². The summed E-state index contributed by atoms with van der Waals surface area (Å²) in [4.78, 5) is 35.7. The van der Waals surface area contributed by atoms with Crippen molar-refractivity contribution in [3.8, 4) is 0 Å². The molecule has 0 saturated carbocycles. The molecule has 1 aromatic rings. The van der Waals surface area contributed by atoms with Crippen molar-refractivity contribution in [3.05, 3.63) is 35.4 Å². The first-order chi connectivity index (χ1) is 13.5. The zero-order chi connectivity index (χ0) is 20.4. The molecule has 152 valence electrons. The number of carbonyl (C=O) groups excluding carboxylic acids is 2. The van der Waals surface area contributed by atoms with Crippen LogP contribution in [-0.4, -0.2) is 67.2 Å². The molecule has 5 N–H and O–H groups in total. The van der Waals surface area contributed by atoms with Crippen molar-refractivity contribution in [2.45, 2.75) is 31.5 Å². The lowest BCUT2D eigenvalue weighted by Crippen LogP contribution is -2.41. The van der Waals surface area contributed by atoms with Crippen LogP contribution in [-0.2, 0) is 14.3 Å². The van der Waals surface area contributed by atoms with Gasteiger partial charge in [0.2, 0.25) is 6.10 Å². The maximum absolute atomic E-state index is 12.2. The number of piperidine rings is 1. The van der Waals surface area contributed by atoms with Crippen molar-refractivity contribution in [2.24, 2.45) is 10.9 Å². The van der Waals surface area contributed by atoms with Crippen LogP contribution in [0.5, 0.6) is 0 Å². The molecule has 9 heteroatoms. The molecule has 0 bridgehead atoms. The Morgan fingerprint density at radius 3 is 2.57 bits per heavy atom. The van der Waals surface area contributed by atoms with Gasteiger partial charge >= 0.3 is 5.97 Å². The second-order valence-corrected chi connectivity index (χ2v) is 6.52. The van der Waals surface area contributed by atoms with E-state index in [-0.39, 0.29) is 31.4 Å². The summed E-state index contributed by atoms with van der Waals surface area (Å²) in [7, 11) is 0. The third-order valence-electron chi connectivity index (χ3n) is 4.42. The molecular weight excluding hydrogens is 364 g/mol. The van der Waals surface area contributed by atoms with Gasteiger partial charge in [0.25, 0.3) is 0 Å². The van der Waals surface area contributed by atoms with Crippen molar-refractivity contribution < 1.29 is 24.2 Å². The average Bonchev–Trinajstić information content (AvgIpc) is 2.70. The molecule has 0 aromatic heterocycles. The topological polar surface area (TPSA) is 143 Å². The lowest BCUT2D eigenvalue weighted by atomic mass is 10.1.